The number of hydrogen-bond donors (Lipinski definition) is 1. The number of ether oxygens (including phenoxy) is 2. The van der Waals surface area contributed by atoms with E-state index in [0.717, 1.165) is 40.7 Å². The first-order valence-electron chi connectivity index (χ1n) is 7.30. The Kier molecular flexibility index (Phi) is 4.41. The molecular formula is C16H20N2O2S. The van der Waals surface area contributed by atoms with Crippen molar-refractivity contribution in [3.63, 3.8) is 0 Å². The van der Waals surface area contributed by atoms with Crippen LogP contribution >= 0.6 is 11.3 Å². The fraction of sp³-hybridized carbons (Fsp3) is 0.438. The largest absolute Gasteiger partial charge is 0.490 e. The summed E-state index contributed by atoms with van der Waals surface area (Å²) in [5, 5.41) is 6.51. The van der Waals surface area contributed by atoms with Gasteiger partial charge in [-0.1, -0.05) is 13.8 Å². The van der Waals surface area contributed by atoms with Crippen LogP contribution in [0, 0.1) is 0 Å². The van der Waals surface area contributed by atoms with Gasteiger partial charge in [0.1, 0.15) is 5.01 Å². The normalized spacial score (nSPS) is 14.2. The van der Waals surface area contributed by atoms with E-state index in [-0.39, 0.29) is 0 Å². The molecule has 0 unspecified atom stereocenters. The average molecular weight is 304 g/mol. The summed E-state index contributed by atoms with van der Waals surface area (Å²) < 4.78 is 11.4. The summed E-state index contributed by atoms with van der Waals surface area (Å²) >= 11 is 1.66. The van der Waals surface area contributed by atoms with E-state index >= 15 is 0 Å². The molecule has 0 amide bonds. The Bertz CT molecular complexity index is 610. The Balaban J connectivity index is 1.79. The maximum absolute atomic E-state index is 5.74. The highest BCUT2D eigenvalue weighted by atomic mass is 32.1. The van der Waals surface area contributed by atoms with Crippen LogP contribution in [0.15, 0.2) is 23.6 Å². The summed E-state index contributed by atoms with van der Waals surface area (Å²) in [6.45, 7) is 6.50. The second-order valence-corrected chi connectivity index (χ2v) is 6.25. The molecule has 1 aromatic heterocycles. The first-order valence-corrected chi connectivity index (χ1v) is 8.18. The van der Waals surface area contributed by atoms with Gasteiger partial charge in [0.15, 0.2) is 11.5 Å². The van der Waals surface area contributed by atoms with E-state index in [1.807, 2.05) is 18.2 Å². The second kappa shape index (κ2) is 6.45. The number of benzene rings is 1. The molecule has 3 rings (SSSR count). The van der Waals surface area contributed by atoms with Crippen LogP contribution in [0.5, 0.6) is 11.5 Å². The third-order valence-corrected chi connectivity index (χ3v) is 4.18. The van der Waals surface area contributed by atoms with E-state index in [9.17, 15) is 0 Å². The third-order valence-electron chi connectivity index (χ3n) is 3.24. The number of thiazole rings is 1. The Morgan fingerprint density at radius 3 is 2.86 bits per heavy atom. The Labute approximate surface area is 129 Å². The fourth-order valence-electron chi connectivity index (χ4n) is 2.13. The summed E-state index contributed by atoms with van der Waals surface area (Å²) in [7, 11) is 0. The monoisotopic (exact) mass is 304 g/mol. The topological polar surface area (TPSA) is 43.4 Å². The minimum Gasteiger partial charge on any atom is -0.490 e. The van der Waals surface area contributed by atoms with Crippen molar-refractivity contribution in [3.8, 4) is 22.1 Å². The lowest BCUT2D eigenvalue weighted by Gasteiger charge is -2.08. The zero-order valence-electron chi connectivity index (χ0n) is 12.4. The van der Waals surface area contributed by atoms with Crippen LogP contribution in [0.2, 0.25) is 0 Å². The minimum atomic E-state index is 0.466. The lowest BCUT2D eigenvalue weighted by Crippen LogP contribution is -2.21. The van der Waals surface area contributed by atoms with E-state index in [1.54, 1.807) is 11.3 Å². The fourth-order valence-corrected chi connectivity index (χ4v) is 2.94. The van der Waals surface area contributed by atoms with Crippen LogP contribution in [0.25, 0.3) is 10.6 Å². The van der Waals surface area contributed by atoms with Crippen molar-refractivity contribution < 1.29 is 9.47 Å². The zero-order chi connectivity index (χ0) is 14.7. The van der Waals surface area contributed by atoms with Crippen LogP contribution in [0.3, 0.4) is 0 Å². The van der Waals surface area contributed by atoms with Crippen molar-refractivity contribution in [2.75, 3.05) is 13.2 Å². The van der Waals surface area contributed by atoms with E-state index in [1.165, 1.54) is 0 Å². The highest BCUT2D eigenvalue weighted by Gasteiger charge is 2.13. The molecule has 21 heavy (non-hydrogen) atoms. The Morgan fingerprint density at radius 2 is 2.05 bits per heavy atom. The molecule has 2 aromatic rings. The van der Waals surface area contributed by atoms with Gasteiger partial charge in [0.2, 0.25) is 0 Å². The molecule has 5 heteroatoms. The summed E-state index contributed by atoms with van der Waals surface area (Å²) in [5.41, 5.74) is 2.16. The molecule has 1 aromatic carbocycles. The Hall–Kier alpha value is -1.59. The molecule has 0 saturated carbocycles. The molecule has 0 radical (unpaired) electrons. The predicted molar refractivity (Wildman–Crippen MR) is 85.1 cm³/mol. The van der Waals surface area contributed by atoms with Gasteiger partial charge in [0.25, 0.3) is 0 Å². The lowest BCUT2D eigenvalue weighted by atomic mass is 10.2. The first kappa shape index (κ1) is 14.4. The number of aromatic nitrogens is 1. The maximum atomic E-state index is 5.74. The smallest absolute Gasteiger partial charge is 0.161 e. The predicted octanol–water partition coefficient (Wildman–Crippen LogP) is 3.47. The van der Waals surface area contributed by atoms with Gasteiger partial charge >= 0.3 is 0 Å². The quantitative estimate of drug-likeness (QED) is 0.939. The van der Waals surface area contributed by atoms with E-state index in [2.05, 4.69) is 29.5 Å². The molecule has 0 fully saturated rings. The van der Waals surface area contributed by atoms with E-state index in [0.29, 0.717) is 19.3 Å². The molecule has 1 aliphatic heterocycles. The molecule has 0 aliphatic carbocycles. The van der Waals surface area contributed by atoms with Crippen molar-refractivity contribution in [1.29, 1.82) is 0 Å². The van der Waals surface area contributed by atoms with Gasteiger partial charge in [-0.25, -0.2) is 4.98 Å². The van der Waals surface area contributed by atoms with Crippen LogP contribution in [0.4, 0.5) is 0 Å². The molecule has 0 atom stereocenters. The minimum absolute atomic E-state index is 0.466. The van der Waals surface area contributed by atoms with Crippen molar-refractivity contribution in [1.82, 2.24) is 10.3 Å². The molecule has 1 aliphatic rings. The number of nitrogens with one attached hydrogen (secondary N) is 1. The number of nitrogens with zero attached hydrogens (tertiary/aromatic N) is 1. The standard InChI is InChI=1S/C16H20N2O2S/c1-11(2)17-9-13-10-21-16(18-13)12-4-5-14-15(8-12)20-7-3-6-19-14/h4-5,8,10-11,17H,3,6-7,9H2,1-2H3. The number of rotatable bonds is 4. The van der Waals surface area contributed by atoms with Crippen LogP contribution < -0.4 is 14.8 Å². The van der Waals surface area contributed by atoms with Gasteiger partial charge < -0.3 is 14.8 Å². The number of fused-ring (bicyclic) bond motifs is 1. The summed E-state index contributed by atoms with van der Waals surface area (Å²) in [5.74, 6) is 1.65. The van der Waals surface area contributed by atoms with Gasteiger partial charge in [-0.2, -0.15) is 0 Å². The van der Waals surface area contributed by atoms with Crippen LogP contribution in [-0.4, -0.2) is 24.2 Å². The van der Waals surface area contributed by atoms with Crippen LogP contribution in [0.1, 0.15) is 26.0 Å². The van der Waals surface area contributed by atoms with Gasteiger partial charge in [-0.3, -0.25) is 0 Å². The van der Waals surface area contributed by atoms with Crippen molar-refractivity contribution in [2.45, 2.75) is 32.9 Å². The van der Waals surface area contributed by atoms with Crippen molar-refractivity contribution in [2.24, 2.45) is 0 Å². The molecular weight excluding hydrogens is 284 g/mol. The lowest BCUT2D eigenvalue weighted by molar-refractivity contribution is 0.297. The second-order valence-electron chi connectivity index (χ2n) is 5.39. The van der Waals surface area contributed by atoms with Gasteiger partial charge in [0.05, 0.1) is 18.9 Å². The summed E-state index contributed by atoms with van der Waals surface area (Å²) in [6, 6.07) is 6.52. The molecule has 0 bridgehead atoms. The summed E-state index contributed by atoms with van der Waals surface area (Å²) in [6.07, 6.45) is 0.923. The molecule has 1 N–H and O–H groups in total. The average Bonchev–Trinajstić information content (AvgIpc) is 2.82. The van der Waals surface area contributed by atoms with Crippen molar-refractivity contribution >= 4 is 11.3 Å². The highest BCUT2D eigenvalue weighted by molar-refractivity contribution is 7.13. The van der Waals surface area contributed by atoms with E-state index < -0.39 is 0 Å². The van der Waals surface area contributed by atoms with Crippen molar-refractivity contribution in [3.05, 3.63) is 29.3 Å². The Morgan fingerprint density at radius 1 is 1.24 bits per heavy atom. The highest BCUT2D eigenvalue weighted by Crippen LogP contribution is 2.35. The van der Waals surface area contributed by atoms with Crippen LogP contribution in [-0.2, 0) is 6.54 Å². The third kappa shape index (κ3) is 3.54. The molecule has 0 spiro atoms. The van der Waals surface area contributed by atoms with Gasteiger partial charge in [-0.15, -0.1) is 11.3 Å². The molecule has 4 nitrogen and oxygen atoms in total. The first-order chi connectivity index (χ1) is 10.2. The molecule has 112 valence electrons. The SMILES string of the molecule is CC(C)NCc1csc(-c2ccc3c(c2)OCCCO3)n1. The maximum Gasteiger partial charge on any atom is 0.161 e. The van der Waals surface area contributed by atoms with Gasteiger partial charge in [0, 0.05) is 30.0 Å². The molecule has 0 saturated heterocycles. The molecule has 2 heterocycles. The number of hydrogen-bond acceptors (Lipinski definition) is 5. The zero-order valence-corrected chi connectivity index (χ0v) is 13.2. The van der Waals surface area contributed by atoms with E-state index in [4.69, 9.17) is 9.47 Å². The van der Waals surface area contributed by atoms with Gasteiger partial charge in [-0.05, 0) is 18.2 Å². The summed E-state index contributed by atoms with van der Waals surface area (Å²) in [4.78, 5) is 4.68.